The van der Waals surface area contributed by atoms with Crippen LogP contribution in [0.3, 0.4) is 0 Å². The Morgan fingerprint density at radius 3 is 2.95 bits per heavy atom. The minimum Gasteiger partial charge on any atom is -0.361 e. The number of H-pyrrole nitrogens is 1. The van der Waals surface area contributed by atoms with E-state index in [9.17, 15) is 4.79 Å². The number of halogens is 1. The number of aromatic amines is 1. The summed E-state index contributed by atoms with van der Waals surface area (Å²) in [6, 6.07) is 7.75. The van der Waals surface area contributed by atoms with Crippen LogP contribution >= 0.6 is 27.3 Å². The predicted octanol–water partition coefficient (Wildman–Crippen LogP) is 4.76. The van der Waals surface area contributed by atoms with Crippen LogP contribution in [0.15, 0.2) is 34.4 Å². The van der Waals surface area contributed by atoms with Gasteiger partial charge in [0.25, 0.3) is 5.91 Å². The highest BCUT2D eigenvalue weighted by Crippen LogP contribution is 2.30. The van der Waals surface area contributed by atoms with E-state index in [4.69, 9.17) is 0 Å². The van der Waals surface area contributed by atoms with Gasteiger partial charge in [-0.3, -0.25) is 4.79 Å². The summed E-state index contributed by atoms with van der Waals surface area (Å²) in [7, 11) is 0. The summed E-state index contributed by atoms with van der Waals surface area (Å²) in [6.45, 7) is 4.12. The molecule has 0 bridgehead atoms. The Balaban J connectivity index is 1.88. The minimum atomic E-state index is -0.171. The van der Waals surface area contributed by atoms with E-state index in [-0.39, 0.29) is 11.8 Å². The summed E-state index contributed by atoms with van der Waals surface area (Å²) < 4.78 is 0.734. The smallest absolute Gasteiger partial charge is 0.275 e. The van der Waals surface area contributed by atoms with Crippen molar-refractivity contribution >= 4 is 49.8 Å². The maximum atomic E-state index is 12.4. The Bertz CT molecular complexity index is 806. The number of carbonyl (C=O) groups excluding carboxylic acids is 1. The summed E-state index contributed by atoms with van der Waals surface area (Å²) >= 11 is 4.86. The molecule has 0 fully saturated rings. The van der Waals surface area contributed by atoms with Crippen molar-refractivity contribution in [1.82, 2.24) is 9.97 Å². The van der Waals surface area contributed by atoms with Crippen molar-refractivity contribution in [3.8, 4) is 0 Å². The second-order valence-corrected chi connectivity index (χ2v) is 7.37. The van der Waals surface area contributed by atoms with E-state index in [0.717, 1.165) is 25.4 Å². The average Bonchev–Trinajstić information content (AvgIpc) is 3.04. The molecule has 2 N–H and O–H groups in total. The monoisotopic (exact) mass is 363 g/mol. The van der Waals surface area contributed by atoms with Gasteiger partial charge in [0.1, 0.15) is 5.69 Å². The second-order valence-electron chi connectivity index (χ2n) is 5.07. The molecule has 21 heavy (non-hydrogen) atoms. The molecule has 0 saturated heterocycles. The number of hydrogen-bond acceptors (Lipinski definition) is 3. The number of rotatable bonds is 3. The first-order valence-electron chi connectivity index (χ1n) is 6.59. The van der Waals surface area contributed by atoms with Crippen LogP contribution in [0.2, 0.25) is 0 Å². The van der Waals surface area contributed by atoms with Crippen LogP contribution in [0.5, 0.6) is 0 Å². The SMILES string of the molecule is CC(C)c1sc(Br)nc1C(=O)Nc1ccc2[nH]ccc2c1. The third-order valence-corrected chi connectivity index (χ3v) is 4.99. The fraction of sp³-hybridized carbons (Fsp3) is 0.200. The Kier molecular flexibility index (Phi) is 3.82. The van der Waals surface area contributed by atoms with Crippen LogP contribution in [-0.4, -0.2) is 15.9 Å². The molecule has 0 radical (unpaired) electrons. The van der Waals surface area contributed by atoms with Gasteiger partial charge in [0.2, 0.25) is 0 Å². The summed E-state index contributed by atoms with van der Waals surface area (Å²) in [5.74, 6) is 0.0947. The lowest BCUT2D eigenvalue weighted by Crippen LogP contribution is -2.14. The normalized spacial score (nSPS) is 11.2. The zero-order valence-electron chi connectivity index (χ0n) is 11.6. The van der Waals surface area contributed by atoms with Crippen LogP contribution in [0.1, 0.15) is 35.1 Å². The Labute approximate surface area is 134 Å². The fourth-order valence-corrected chi connectivity index (χ4v) is 3.67. The van der Waals surface area contributed by atoms with Gasteiger partial charge in [-0.1, -0.05) is 13.8 Å². The van der Waals surface area contributed by atoms with E-state index < -0.39 is 0 Å². The van der Waals surface area contributed by atoms with Gasteiger partial charge in [0.15, 0.2) is 3.92 Å². The topological polar surface area (TPSA) is 57.8 Å². The second kappa shape index (κ2) is 5.61. The highest BCUT2D eigenvalue weighted by Gasteiger charge is 2.19. The van der Waals surface area contributed by atoms with Gasteiger partial charge in [-0.2, -0.15) is 0 Å². The van der Waals surface area contributed by atoms with Crippen LogP contribution in [0.4, 0.5) is 5.69 Å². The van der Waals surface area contributed by atoms with E-state index in [2.05, 4.69) is 45.1 Å². The molecule has 3 aromatic rings. The molecule has 0 spiro atoms. The molecule has 0 aliphatic carbocycles. The van der Waals surface area contributed by atoms with Crippen molar-refractivity contribution in [2.45, 2.75) is 19.8 Å². The number of anilines is 1. The number of hydrogen-bond donors (Lipinski definition) is 2. The van der Waals surface area contributed by atoms with E-state index >= 15 is 0 Å². The molecule has 1 aromatic carbocycles. The number of thiazole rings is 1. The van der Waals surface area contributed by atoms with Crippen LogP contribution < -0.4 is 5.32 Å². The summed E-state index contributed by atoms with van der Waals surface area (Å²) in [5, 5.41) is 3.99. The highest BCUT2D eigenvalue weighted by atomic mass is 79.9. The Morgan fingerprint density at radius 1 is 1.38 bits per heavy atom. The number of nitrogens with zero attached hydrogens (tertiary/aromatic N) is 1. The van der Waals surface area contributed by atoms with Crippen LogP contribution in [0, 0.1) is 0 Å². The van der Waals surface area contributed by atoms with Crippen molar-refractivity contribution in [2.75, 3.05) is 5.32 Å². The average molecular weight is 364 g/mol. The molecule has 6 heteroatoms. The summed E-state index contributed by atoms with van der Waals surface area (Å²) in [4.78, 5) is 20.8. The minimum absolute atomic E-state index is 0.171. The zero-order valence-corrected chi connectivity index (χ0v) is 14.0. The van der Waals surface area contributed by atoms with E-state index in [1.54, 1.807) is 0 Å². The molecule has 3 rings (SSSR count). The van der Waals surface area contributed by atoms with Gasteiger partial charge in [-0.05, 0) is 46.1 Å². The number of amides is 1. The molecule has 4 nitrogen and oxygen atoms in total. The maximum Gasteiger partial charge on any atom is 0.275 e. The van der Waals surface area contributed by atoms with Crippen LogP contribution in [0.25, 0.3) is 10.9 Å². The van der Waals surface area contributed by atoms with Gasteiger partial charge in [0, 0.05) is 27.7 Å². The molecule has 0 aliphatic heterocycles. The lowest BCUT2D eigenvalue weighted by Gasteiger charge is -2.07. The van der Waals surface area contributed by atoms with Crippen molar-refractivity contribution in [3.63, 3.8) is 0 Å². The number of aromatic nitrogens is 2. The van der Waals surface area contributed by atoms with Crippen molar-refractivity contribution in [1.29, 1.82) is 0 Å². The molecule has 108 valence electrons. The van der Waals surface area contributed by atoms with E-state index in [1.807, 2.05) is 30.5 Å². The molecule has 0 unspecified atom stereocenters. The van der Waals surface area contributed by atoms with Gasteiger partial charge < -0.3 is 10.3 Å². The number of fused-ring (bicyclic) bond motifs is 1. The van der Waals surface area contributed by atoms with Crippen molar-refractivity contribution in [2.24, 2.45) is 0 Å². The van der Waals surface area contributed by atoms with E-state index in [1.165, 1.54) is 11.3 Å². The first kappa shape index (κ1) is 14.3. The highest BCUT2D eigenvalue weighted by molar-refractivity contribution is 9.11. The lowest BCUT2D eigenvalue weighted by atomic mass is 10.1. The van der Waals surface area contributed by atoms with Gasteiger partial charge in [-0.15, -0.1) is 11.3 Å². The quantitative estimate of drug-likeness (QED) is 0.704. The number of benzene rings is 1. The Morgan fingerprint density at radius 2 is 2.19 bits per heavy atom. The van der Waals surface area contributed by atoms with Gasteiger partial charge in [0.05, 0.1) is 0 Å². The maximum absolute atomic E-state index is 12.4. The third kappa shape index (κ3) is 2.87. The molecule has 2 aromatic heterocycles. The largest absolute Gasteiger partial charge is 0.361 e. The van der Waals surface area contributed by atoms with E-state index in [0.29, 0.717) is 5.69 Å². The van der Waals surface area contributed by atoms with Gasteiger partial charge >= 0.3 is 0 Å². The molecule has 0 aliphatic rings. The third-order valence-electron chi connectivity index (χ3n) is 3.18. The number of nitrogens with one attached hydrogen (secondary N) is 2. The lowest BCUT2D eigenvalue weighted by molar-refractivity contribution is 0.102. The molecule has 2 heterocycles. The van der Waals surface area contributed by atoms with Crippen molar-refractivity contribution in [3.05, 3.63) is 45.0 Å². The molecular formula is C15H14BrN3OS. The van der Waals surface area contributed by atoms with Crippen LogP contribution in [-0.2, 0) is 0 Å². The predicted molar refractivity (Wildman–Crippen MR) is 90.2 cm³/mol. The standard InChI is InChI=1S/C15H14BrN3OS/c1-8(2)13-12(19-15(16)21-13)14(20)18-10-3-4-11-9(7-10)5-6-17-11/h3-8,17H,1-2H3,(H,18,20). The first-order chi connectivity index (χ1) is 10.0. The molecular weight excluding hydrogens is 350 g/mol. The first-order valence-corrected chi connectivity index (χ1v) is 8.20. The zero-order chi connectivity index (χ0) is 15.0. The molecule has 1 amide bonds. The van der Waals surface area contributed by atoms with Crippen molar-refractivity contribution < 1.29 is 4.79 Å². The van der Waals surface area contributed by atoms with Gasteiger partial charge in [-0.25, -0.2) is 4.98 Å². The number of carbonyl (C=O) groups is 1. The Hall–Kier alpha value is -1.66. The summed E-state index contributed by atoms with van der Waals surface area (Å²) in [5.41, 5.74) is 2.31. The molecule has 0 saturated carbocycles. The molecule has 0 atom stereocenters. The fourth-order valence-electron chi connectivity index (χ4n) is 2.18. The summed E-state index contributed by atoms with van der Waals surface area (Å²) in [6.07, 6.45) is 1.88.